The third-order valence-corrected chi connectivity index (χ3v) is 11.7. The summed E-state index contributed by atoms with van der Waals surface area (Å²) in [5.41, 5.74) is 0.373. The monoisotopic (exact) mass is 1030 g/mol. The van der Waals surface area contributed by atoms with Crippen molar-refractivity contribution in [2.75, 3.05) is 24.7 Å². The summed E-state index contributed by atoms with van der Waals surface area (Å²) < 4.78 is 56.7. The lowest BCUT2D eigenvalue weighted by Gasteiger charge is -2.46. The molecule has 1 amide bonds. The maximum Gasteiger partial charge on any atom is 0.303 e. The van der Waals surface area contributed by atoms with Crippen LogP contribution in [0.25, 0.3) is 0 Å². The Morgan fingerprint density at radius 3 is 1.79 bits per heavy atom. The van der Waals surface area contributed by atoms with Crippen LogP contribution < -0.4 is 5.32 Å². The van der Waals surface area contributed by atoms with E-state index >= 15 is 0 Å². The predicted octanol–water partition coefficient (Wildman–Crippen LogP) is 3.93. The van der Waals surface area contributed by atoms with E-state index in [0.29, 0.717) is 16.9 Å². The number of hydrogen-bond acceptors (Lipinski definition) is 21. The second-order valence-electron chi connectivity index (χ2n) is 17.3. The van der Waals surface area contributed by atoms with Crippen molar-refractivity contribution in [3.05, 3.63) is 40.6 Å². The van der Waals surface area contributed by atoms with E-state index in [1.54, 1.807) is 36.0 Å². The zero-order valence-corrected chi connectivity index (χ0v) is 43.2. The molecule has 1 saturated heterocycles. The molecular formula is C48H70N2O20S. The average Bonchev–Trinajstić information content (AvgIpc) is 3.26. The normalized spacial score (nSPS) is 19.6. The Kier molecular flexibility index (Phi) is 26.6. The van der Waals surface area contributed by atoms with Crippen molar-refractivity contribution in [1.82, 2.24) is 5.32 Å². The average molecular weight is 1030 g/mol. The van der Waals surface area contributed by atoms with E-state index in [2.05, 4.69) is 12.2 Å². The van der Waals surface area contributed by atoms with Gasteiger partial charge in [-0.15, -0.1) is 0 Å². The lowest BCUT2D eigenvalue weighted by Crippen LogP contribution is -2.65. The van der Waals surface area contributed by atoms with Crippen LogP contribution in [0.4, 0.5) is 0 Å². The van der Waals surface area contributed by atoms with Gasteiger partial charge in [-0.25, -0.2) is 4.74 Å². The number of carbonyl (C=O) groups excluding carboxylic acids is 9. The first kappa shape index (κ1) is 61.3. The molecule has 1 aliphatic heterocycles. The molecule has 0 radical (unpaired) electrons. The Morgan fingerprint density at radius 2 is 1.24 bits per heavy atom. The van der Waals surface area contributed by atoms with Gasteiger partial charge in [0.25, 0.3) is 5.91 Å². The third-order valence-electron chi connectivity index (χ3n) is 10.3. The van der Waals surface area contributed by atoms with Crippen molar-refractivity contribution in [3.63, 3.8) is 0 Å². The van der Waals surface area contributed by atoms with Crippen LogP contribution in [0.3, 0.4) is 0 Å². The first-order chi connectivity index (χ1) is 33.3. The van der Waals surface area contributed by atoms with Gasteiger partial charge >= 0.3 is 47.8 Å². The second-order valence-corrected chi connectivity index (χ2v) is 18.4. The van der Waals surface area contributed by atoms with Gasteiger partial charge in [0.15, 0.2) is 48.6 Å². The zero-order chi connectivity index (χ0) is 53.4. The molecule has 9 atom stereocenters. The molecule has 0 bridgehead atoms. The smallest absolute Gasteiger partial charge is 0.303 e. The Morgan fingerprint density at radius 1 is 0.690 bits per heavy atom. The highest BCUT2D eigenvalue weighted by Gasteiger charge is 2.56. The Balaban J connectivity index is 2.64. The molecule has 0 unspecified atom stereocenters. The summed E-state index contributed by atoms with van der Waals surface area (Å²) in [7, 11) is 0. The number of thioether (sulfide) groups is 1. The lowest BCUT2D eigenvalue weighted by molar-refractivity contribution is -0.528. The van der Waals surface area contributed by atoms with Crippen LogP contribution in [0.1, 0.15) is 126 Å². The standard InChI is InChI=1S/C48H70N2O20S/c1-12-13-14-15-16-17-22-71-27-48(10,11)50(60)24-37-20-18-36(19-21-37)23-49-46(59)44(67-34(8)57)42(65-32(6)55)41(38(63-30(4)53)25-61-28(2)51)70-47-45(68-35(9)58)43(66-33(7)56)40(64-31(5)54)39(69-47)26-62-29(3)52/h18-21,24,38-45,47H,12-17,22-23,25-27H2,1-11H3,(H,49,59)/b50-24-/t38-,39-,40+,41-,42+,43+,44-,45-,47+/m1/s1. The van der Waals surface area contributed by atoms with Gasteiger partial charge in [-0.1, -0.05) is 51.2 Å². The Bertz CT molecular complexity index is 1990. The van der Waals surface area contributed by atoms with Crippen LogP contribution in [-0.4, -0.2) is 150 Å². The number of unbranched alkanes of at least 4 members (excludes halogenated alkanes) is 5. The highest BCUT2D eigenvalue weighted by atomic mass is 32.2. The summed E-state index contributed by atoms with van der Waals surface area (Å²) in [4.78, 5) is 114. The van der Waals surface area contributed by atoms with Gasteiger partial charge in [0.1, 0.15) is 25.4 Å². The first-order valence-corrected chi connectivity index (χ1v) is 24.4. The molecule has 1 aliphatic rings. The number of esters is 8. The number of hydrogen-bond donors (Lipinski definition) is 1. The largest absolute Gasteiger partial charge is 0.623 e. The van der Waals surface area contributed by atoms with E-state index in [1.165, 1.54) is 31.9 Å². The van der Waals surface area contributed by atoms with Crippen LogP contribution in [0, 0.1) is 5.21 Å². The van der Waals surface area contributed by atoms with Gasteiger partial charge in [-0.2, -0.15) is 11.8 Å². The molecule has 71 heavy (non-hydrogen) atoms. The van der Waals surface area contributed by atoms with Crippen LogP contribution >= 0.6 is 11.8 Å². The summed E-state index contributed by atoms with van der Waals surface area (Å²) in [5.74, 6) is -7.43. The number of carbonyl (C=O) groups is 9. The number of nitrogens with one attached hydrogen (secondary N) is 1. The van der Waals surface area contributed by atoms with Gasteiger partial charge in [-0.3, -0.25) is 43.2 Å². The molecule has 1 aromatic rings. The van der Waals surface area contributed by atoms with Crippen molar-refractivity contribution in [2.45, 2.75) is 182 Å². The van der Waals surface area contributed by atoms with Crippen LogP contribution in [0.15, 0.2) is 24.3 Å². The molecule has 1 N–H and O–H groups in total. The molecule has 1 heterocycles. The predicted molar refractivity (Wildman–Crippen MR) is 252 cm³/mol. The number of amides is 1. The van der Waals surface area contributed by atoms with Crippen molar-refractivity contribution in [3.8, 4) is 0 Å². The quantitative estimate of drug-likeness (QED) is 0.0226. The van der Waals surface area contributed by atoms with Gasteiger partial charge in [-0.05, 0) is 29.9 Å². The molecular weight excluding hydrogens is 957 g/mol. The van der Waals surface area contributed by atoms with E-state index < -0.39 is 128 Å². The number of hydroxylamine groups is 1. The van der Waals surface area contributed by atoms with Gasteiger partial charge in [0.05, 0.1) is 5.75 Å². The Labute approximate surface area is 418 Å². The summed E-state index contributed by atoms with van der Waals surface area (Å²) in [6, 6.07) is 6.59. The zero-order valence-electron chi connectivity index (χ0n) is 42.4. The summed E-state index contributed by atoms with van der Waals surface area (Å²) in [5, 5.41) is 15.9. The minimum Gasteiger partial charge on any atom is -0.623 e. The maximum atomic E-state index is 14.3. The van der Waals surface area contributed by atoms with Gasteiger partial charge in [0, 0.05) is 81.3 Å². The summed E-state index contributed by atoms with van der Waals surface area (Å²) in [6.07, 6.45) is -8.67. The lowest BCUT2D eigenvalue weighted by atomic mass is 9.97. The number of nitrogens with zero attached hydrogens (tertiary/aromatic N) is 1. The van der Waals surface area contributed by atoms with Crippen LogP contribution in [-0.2, 0) is 97.1 Å². The van der Waals surface area contributed by atoms with Gasteiger partial charge < -0.3 is 57.9 Å². The molecule has 1 fully saturated rings. The second kappa shape index (κ2) is 30.8. The number of benzene rings is 1. The van der Waals surface area contributed by atoms with Crippen LogP contribution in [0.2, 0.25) is 0 Å². The Hall–Kier alpha value is -5.81. The minimum atomic E-state index is -2.16. The highest BCUT2D eigenvalue weighted by Crippen LogP contribution is 2.33. The molecule has 1 aromatic carbocycles. The third kappa shape index (κ3) is 22.9. The minimum absolute atomic E-state index is 0.225. The fraction of sp³-hybridized carbons (Fsp3) is 0.667. The fourth-order valence-electron chi connectivity index (χ4n) is 7.07. The van der Waals surface area contributed by atoms with E-state index in [1.807, 2.05) is 13.8 Å². The van der Waals surface area contributed by atoms with E-state index in [0.717, 1.165) is 78.7 Å². The topological polar surface area (TPSA) is 284 Å². The summed E-state index contributed by atoms with van der Waals surface area (Å²) in [6.45, 7) is 11.9. The SMILES string of the molecule is CCCCCCCCSCC(C)(C)/[N+]([O-])=C/c1ccc(CNC(=O)[C@H](OC(C)=O)[C@@H](OC(C)=O)[C@H](O[C@@H]2O[C@H](COC(C)=O)[C@H](OC(C)=O)[C@H](OC(C)=O)[C@H]2OC(C)=O)[C@@H](COC(C)=O)OC(C)=O)cc1. The molecule has 0 spiro atoms. The van der Waals surface area contributed by atoms with E-state index in [4.69, 9.17) is 47.4 Å². The van der Waals surface area contributed by atoms with Crippen LogP contribution in [0.5, 0.6) is 0 Å². The maximum absolute atomic E-state index is 14.3. The molecule has 0 aromatic heterocycles. The van der Waals surface area contributed by atoms with Crippen molar-refractivity contribution in [1.29, 1.82) is 0 Å². The molecule has 0 saturated carbocycles. The molecule has 22 nitrogen and oxygen atoms in total. The van der Waals surface area contributed by atoms with Crippen molar-refractivity contribution >= 4 is 71.6 Å². The molecule has 0 aliphatic carbocycles. The summed E-state index contributed by atoms with van der Waals surface area (Å²) >= 11 is 1.73. The first-order valence-electron chi connectivity index (χ1n) is 23.2. The molecule has 2 rings (SSSR count). The highest BCUT2D eigenvalue weighted by molar-refractivity contribution is 7.99. The number of ether oxygens (including phenoxy) is 10. The fourth-order valence-corrected chi connectivity index (χ4v) is 8.25. The van der Waals surface area contributed by atoms with E-state index in [-0.39, 0.29) is 6.54 Å². The van der Waals surface area contributed by atoms with E-state index in [9.17, 15) is 48.4 Å². The molecule has 398 valence electrons. The number of rotatable bonds is 29. The van der Waals surface area contributed by atoms with Crippen molar-refractivity contribution < 1.29 is 95.3 Å². The van der Waals surface area contributed by atoms with Gasteiger partial charge in [0.2, 0.25) is 6.10 Å². The van der Waals surface area contributed by atoms with Crippen molar-refractivity contribution in [2.24, 2.45) is 0 Å². The molecule has 23 heteroatoms.